The van der Waals surface area contributed by atoms with Crippen molar-refractivity contribution in [1.29, 1.82) is 0 Å². The Morgan fingerprint density at radius 2 is 1.09 bits per heavy atom. The Bertz CT molecular complexity index is 3490. The van der Waals surface area contributed by atoms with Gasteiger partial charge < -0.3 is 38.2 Å². The van der Waals surface area contributed by atoms with Gasteiger partial charge in [-0.2, -0.15) is 0 Å². The van der Waals surface area contributed by atoms with Gasteiger partial charge in [-0.05, 0) is 222 Å². The van der Waals surface area contributed by atoms with Gasteiger partial charge in [0.05, 0.1) is 82.6 Å². The number of carbonyl (C=O) groups excluding carboxylic acids is 2. The summed E-state index contributed by atoms with van der Waals surface area (Å²) < 4.78 is 69.6. The molecule has 2 N–H and O–H groups in total. The molecule has 2 amide bonds. The number of ether oxygens (including phenoxy) is 6. The minimum absolute atomic E-state index is 0. The summed E-state index contributed by atoms with van der Waals surface area (Å²) >= 11 is 12.9. The highest BCUT2D eigenvalue weighted by atomic mass is 35.5. The lowest BCUT2D eigenvalue weighted by atomic mass is 9.68. The molecule has 4 aromatic carbocycles. The lowest BCUT2D eigenvalue weighted by molar-refractivity contribution is -0.0310. The summed E-state index contributed by atoms with van der Waals surface area (Å²) in [4.78, 5) is 32.0. The highest BCUT2D eigenvalue weighted by Gasteiger charge is 2.47. The van der Waals surface area contributed by atoms with Crippen LogP contribution in [0.25, 0.3) is 0 Å². The number of allylic oxidation sites excluding steroid dienone is 2. The van der Waals surface area contributed by atoms with E-state index in [1.807, 2.05) is 50.2 Å². The minimum atomic E-state index is -2.88. The molecule has 0 aromatic heterocycles. The molecule has 4 heterocycles. The number of nitrogens with one attached hydrogen (secondary N) is 2. The van der Waals surface area contributed by atoms with Crippen LogP contribution in [0.2, 0.25) is 10.0 Å². The molecule has 12 atom stereocenters. The van der Waals surface area contributed by atoms with E-state index in [2.05, 4.69) is 79.6 Å². The molecule has 14 nitrogen and oxygen atoms in total. The van der Waals surface area contributed by atoms with Gasteiger partial charge in [0.1, 0.15) is 11.5 Å². The third kappa shape index (κ3) is 15.0. The monoisotopic (exact) mass is 1310 g/mol. The van der Waals surface area contributed by atoms with Crippen molar-refractivity contribution in [3.63, 3.8) is 0 Å². The van der Waals surface area contributed by atoms with Gasteiger partial charge in [0, 0.05) is 82.9 Å². The largest absolute Gasteiger partial charge is 0.490 e. The number of carbonyl (C=O) groups is 2. The molecule has 8 aliphatic rings. The molecule has 18 heteroatoms. The van der Waals surface area contributed by atoms with E-state index < -0.39 is 19.4 Å². The highest BCUT2D eigenvalue weighted by Crippen LogP contribution is 2.50. The number of amides is 2. The second-order valence-electron chi connectivity index (χ2n) is 26.4. The summed E-state index contributed by atoms with van der Waals surface area (Å²) in [5, 5.41) is 1.01. The van der Waals surface area contributed by atoms with Crippen LogP contribution in [-0.4, -0.2) is 135 Å². The second-order valence-corrected chi connectivity index (χ2v) is 32.1. The minimum Gasteiger partial charge on any atom is -0.490 e. The average molecular weight is 1310 g/mol. The highest BCUT2D eigenvalue weighted by molar-refractivity contribution is 7.99. The van der Waals surface area contributed by atoms with Crippen LogP contribution in [0.1, 0.15) is 148 Å². The first-order chi connectivity index (χ1) is 42.9. The number of nitrogens with zero attached hydrogens (tertiary/aromatic N) is 2. The van der Waals surface area contributed by atoms with Crippen LogP contribution in [0.5, 0.6) is 11.5 Å². The Balaban J connectivity index is 0.000000196. The number of fused-ring (bicyclic) bond motifs is 8. The summed E-state index contributed by atoms with van der Waals surface area (Å²) in [6, 6.07) is 23.8. The summed E-state index contributed by atoms with van der Waals surface area (Å²) in [6.07, 6.45) is 22.8. The van der Waals surface area contributed by atoms with E-state index in [1.165, 1.54) is 22.3 Å². The van der Waals surface area contributed by atoms with Crippen LogP contribution in [0.3, 0.4) is 0 Å². The van der Waals surface area contributed by atoms with Crippen LogP contribution in [-0.2, 0) is 62.0 Å². The second kappa shape index (κ2) is 29.5. The van der Waals surface area contributed by atoms with Crippen LogP contribution in [0.4, 0.5) is 11.4 Å². The van der Waals surface area contributed by atoms with E-state index in [-0.39, 0.29) is 52.8 Å². The Morgan fingerprint density at radius 3 is 1.53 bits per heavy atom. The fourth-order valence-corrected chi connectivity index (χ4v) is 18.5. The Hall–Kier alpha value is -5.04. The van der Waals surface area contributed by atoms with E-state index in [4.69, 9.17) is 51.6 Å². The lowest BCUT2D eigenvalue weighted by Gasteiger charge is -2.46. The first-order valence-corrected chi connectivity index (χ1v) is 36.8. The standard InChI is InChI=1S/C36H47ClN2O5S.C35H45ClN2O5S.CH4/c1-4-29-9-5-6-10-33(43-19-18-42-2)30-14-11-27(30)22-39-23-36(17-7-8-25-20-28(37)13-15-31(25)36)24-44-34-16-12-26(21-32(34)39)35(40)38-45(29,3)41;1-24-7-4-5-9-32(42-18-17-41-2)29-13-10-27(29)21-38-22-35(16-6-8-25-19-28(36)12-14-30(25)35)23-43-33-15-11-26(20-31(33)38)34(39)37-44(24,3)40;/h6,10,12-13,15-16,20-21,27,29-30,33H,3-5,7-9,11,14,17-19,22-24H2,1-2H3,(H,38,40,41);5,9,11-12,14-15,19-20,24,27,29,32H,3-4,6-8,10,13,16-18,21-23H2,1-2H3,(H,37,39,40);1H4/b10-6+;9-5+;/t27-,29+,30+,33-,36-,45?;24-,27+,29-,32+,35+,44?;/m01./s1. The maximum absolute atomic E-state index is 13.8. The molecule has 4 aliphatic carbocycles. The molecule has 2 saturated carbocycles. The summed E-state index contributed by atoms with van der Waals surface area (Å²) in [5.74, 6) is 10.4. The number of methoxy groups -OCH3 is 2. The first kappa shape index (κ1) is 67.8. The summed E-state index contributed by atoms with van der Waals surface area (Å²) in [5.41, 5.74) is 7.56. The zero-order valence-corrected chi connectivity index (χ0v) is 55.6. The number of hydrogen-bond acceptors (Lipinski definition) is 12. The van der Waals surface area contributed by atoms with Crippen molar-refractivity contribution in [1.82, 2.24) is 9.44 Å². The van der Waals surface area contributed by atoms with Crippen molar-refractivity contribution in [2.24, 2.45) is 23.7 Å². The van der Waals surface area contributed by atoms with Crippen molar-refractivity contribution in [3.05, 3.63) is 141 Å². The molecule has 4 aliphatic heterocycles. The number of rotatable bonds is 9. The summed E-state index contributed by atoms with van der Waals surface area (Å²) in [6.45, 7) is 10.4. The van der Waals surface area contributed by atoms with Gasteiger partial charge in [-0.1, -0.05) is 74.0 Å². The Kier molecular flexibility index (Phi) is 22.2. The van der Waals surface area contributed by atoms with Gasteiger partial charge in [0.2, 0.25) is 0 Å². The number of hydrogen-bond donors (Lipinski definition) is 2. The average Bonchev–Trinajstić information content (AvgIpc) is 1.48. The van der Waals surface area contributed by atoms with Crippen molar-refractivity contribution < 1.29 is 46.4 Å². The number of aryl methyl sites for hydroxylation is 2. The maximum atomic E-state index is 13.8. The van der Waals surface area contributed by atoms with Crippen molar-refractivity contribution in [2.45, 2.75) is 151 Å². The van der Waals surface area contributed by atoms with E-state index >= 15 is 0 Å². The molecular weight excluding hydrogens is 1220 g/mol. The number of benzene rings is 4. The maximum Gasteiger partial charge on any atom is 0.262 e. The van der Waals surface area contributed by atoms with Gasteiger partial charge in [-0.3, -0.25) is 19.0 Å². The van der Waals surface area contributed by atoms with E-state index in [1.54, 1.807) is 26.4 Å². The fourth-order valence-electron chi connectivity index (χ4n) is 15.3. The molecule has 0 radical (unpaired) electrons. The van der Waals surface area contributed by atoms with E-state index in [0.29, 0.717) is 93.7 Å². The first-order valence-electron chi connectivity index (χ1n) is 32.4. The predicted octanol–water partition coefficient (Wildman–Crippen LogP) is 13.0. The fraction of sp³-hybridized carbons (Fsp3) is 0.556. The molecule has 2 spiro atoms. The van der Waals surface area contributed by atoms with Gasteiger partial charge in [-0.25, -0.2) is 8.42 Å². The zero-order valence-electron chi connectivity index (χ0n) is 52.5. The van der Waals surface area contributed by atoms with Gasteiger partial charge in [0.25, 0.3) is 11.8 Å². The van der Waals surface area contributed by atoms with Crippen LogP contribution < -0.4 is 28.7 Å². The molecule has 12 rings (SSSR count). The van der Waals surface area contributed by atoms with Crippen molar-refractivity contribution in [3.8, 4) is 11.5 Å². The van der Waals surface area contributed by atoms with Crippen molar-refractivity contribution >= 4 is 77.5 Å². The summed E-state index contributed by atoms with van der Waals surface area (Å²) in [7, 11) is -2.35. The number of halogens is 2. The molecule has 4 bridgehead atoms. The van der Waals surface area contributed by atoms with E-state index in [0.717, 1.165) is 136 Å². The lowest BCUT2D eigenvalue weighted by Crippen LogP contribution is -2.49. The van der Waals surface area contributed by atoms with Crippen LogP contribution in [0.15, 0.2) is 97.1 Å². The molecular formula is C72H96Cl2N4O10S2. The van der Waals surface area contributed by atoms with Crippen LogP contribution in [0, 0.1) is 23.7 Å². The molecule has 490 valence electrons. The molecule has 0 saturated heterocycles. The Labute approximate surface area is 546 Å². The normalized spacial score (nSPS) is 32.2. The third-order valence-corrected chi connectivity index (χ3v) is 25.4. The zero-order chi connectivity index (χ0) is 62.5. The molecule has 90 heavy (non-hydrogen) atoms. The van der Waals surface area contributed by atoms with Gasteiger partial charge in [0.15, 0.2) is 0 Å². The van der Waals surface area contributed by atoms with Crippen LogP contribution >= 0.6 is 23.2 Å². The van der Waals surface area contributed by atoms with Gasteiger partial charge >= 0.3 is 0 Å². The van der Waals surface area contributed by atoms with E-state index in [9.17, 15) is 18.0 Å². The SMILES string of the molecule is C.C=S1(=O)NC(=O)c2ccc3c(c2)N(C[C@@H]2CC[C@H]2[C@@H](OCCOC)/C=C/CC[C@H]1C)C[C@@]1(CCCc2cc(Cl)ccc21)CO3.C=S1(=O)NC(=O)c2ccc3c(c2)N(C[C@@H]2CC[C@H]2[C@@H](OCCOC)/C=C/CC[C@H]1CC)C[C@@]1(CCCc2cc(Cl)ccc21)CO3. The van der Waals surface area contributed by atoms with Crippen molar-refractivity contribution in [2.75, 3.05) is 89.8 Å². The smallest absolute Gasteiger partial charge is 0.262 e. The quantitative estimate of drug-likeness (QED) is 0.0931. The number of anilines is 2. The molecule has 2 unspecified atom stereocenters. The molecule has 4 aromatic rings. The topological polar surface area (TPSA) is 154 Å². The third-order valence-electron chi connectivity index (χ3n) is 20.7. The molecule has 2 fully saturated rings. The predicted molar refractivity (Wildman–Crippen MR) is 369 cm³/mol. The Morgan fingerprint density at radius 1 is 0.622 bits per heavy atom. The van der Waals surface area contributed by atoms with Gasteiger partial charge in [-0.15, -0.1) is 0 Å².